The fraction of sp³-hybridized carbons (Fsp3) is 0.944. The van der Waals surface area contributed by atoms with Crippen LogP contribution in [0.4, 0.5) is 13.2 Å². The first-order valence-corrected chi connectivity index (χ1v) is 9.84. The van der Waals surface area contributed by atoms with Crippen molar-refractivity contribution in [2.75, 3.05) is 13.2 Å². The van der Waals surface area contributed by atoms with Crippen LogP contribution in [0.5, 0.6) is 0 Å². The number of amides is 1. The molecule has 7 nitrogen and oxygen atoms in total. The molecule has 0 bridgehead atoms. The number of hydrogen-bond acceptors (Lipinski definition) is 6. The van der Waals surface area contributed by atoms with Gasteiger partial charge in [0.1, 0.15) is 24.4 Å². The number of unbranched alkanes of at least 4 members (excludes halogenated alkanes) is 7. The molecule has 28 heavy (non-hydrogen) atoms. The summed E-state index contributed by atoms with van der Waals surface area (Å²) < 4.78 is 47.9. The second-order valence-electron chi connectivity index (χ2n) is 7.05. The fourth-order valence-electron chi connectivity index (χ4n) is 3.13. The molecule has 0 aliphatic carbocycles. The van der Waals surface area contributed by atoms with Gasteiger partial charge in [0.2, 0.25) is 0 Å². The maximum absolute atomic E-state index is 12.5. The van der Waals surface area contributed by atoms with Crippen LogP contribution in [0.3, 0.4) is 0 Å². The second-order valence-corrected chi connectivity index (χ2v) is 7.05. The highest BCUT2D eigenvalue weighted by molar-refractivity contribution is 5.82. The molecule has 1 rings (SSSR count). The van der Waals surface area contributed by atoms with Crippen LogP contribution >= 0.6 is 0 Å². The number of carbonyl (C=O) groups is 1. The Morgan fingerprint density at radius 2 is 1.64 bits per heavy atom. The van der Waals surface area contributed by atoms with Gasteiger partial charge in [0.05, 0.1) is 6.61 Å². The van der Waals surface area contributed by atoms with Gasteiger partial charge in [-0.25, -0.2) is 0 Å². The van der Waals surface area contributed by atoms with Gasteiger partial charge in [-0.2, -0.15) is 13.2 Å². The summed E-state index contributed by atoms with van der Waals surface area (Å²) in [6.45, 7) is 1.63. The van der Waals surface area contributed by atoms with Gasteiger partial charge in [-0.05, 0) is 6.42 Å². The molecule has 5 unspecified atom stereocenters. The minimum absolute atomic E-state index is 0.139. The van der Waals surface area contributed by atoms with Crippen molar-refractivity contribution in [1.82, 2.24) is 5.32 Å². The van der Waals surface area contributed by atoms with Crippen LogP contribution in [-0.4, -0.2) is 71.3 Å². The molecule has 0 aromatic heterocycles. The molecular weight excluding hydrogens is 383 g/mol. The molecule has 0 saturated carbocycles. The van der Waals surface area contributed by atoms with Crippen LogP contribution in [0.1, 0.15) is 58.3 Å². The van der Waals surface area contributed by atoms with E-state index in [2.05, 4.69) is 6.92 Å². The SMILES string of the molecule is CCCCCCCCCCOC1C(O)C(CO)OC(O)C1NC(=O)C(F)(F)F. The number of ether oxygens (including phenoxy) is 2. The summed E-state index contributed by atoms with van der Waals surface area (Å²) in [6, 6.07) is -1.61. The number of halogens is 3. The average molecular weight is 415 g/mol. The summed E-state index contributed by atoms with van der Waals surface area (Å²) in [4.78, 5) is 11.2. The van der Waals surface area contributed by atoms with Gasteiger partial charge in [-0.15, -0.1) is 0 Å². The van der Waals surface area contributed by atoms with Crippen molar-refractivity contribution in [2.45, 2.75) is 95.1 Å². The third kappa shape index (κ3) is 8.20. The standard InChI is InChI=1S/C18H32F3NO6/c1-2-3-4-5-6-7-8-9-10-27-15-13(22-17(26)18(19,20)21)16(25)28-12(11-23)14(15)24/h12-16,23-25H,2-11H2,1H3,(H,22,26). The number of rotatable bonds is 12. The summed E-state index contributed by atoms with van der Waals surface area (Å²) >= 11 is 0. The number of alkyl halides is 3. The molecule has 1 aliphatic rings. The summed E-state index contributed by atoms with van der Waals surface area (Å²) in [5.41, 5.74) is 0. The molecule has 0 aromatic carbocycles. The number of carbonyl (C=O) groups excluding carboxylic acids is 1. The largest absolute Gasteiger partial charge is 0.471 e. The van der Waals surface area contributed by atoms with Gasteiger partial charge in [0.15, 0.2) is 6.29 Å². The minimum atomic E-state index is -5.15. The third-order valence-corrected chi connectivity index (χ3v) is 4.74. The first-order chi connectivity index (χ1) is 13.2. The molecule has 1 fully saturated rings. The Bertz CT molecular complexity index is 452. The predicted octanol–water partition coefficient (Wildman–Crippen LogP) is 1.63. The van der Waals surface area contributed by atoms with Gasteiger partial charge in [0, 0.05) is 6.61 Å². The van der Waals surface area contributed by atoms with Gasteiger partial charge in [-0.3, -0.25) is 4.79 Å². The quantitative estimate of drug-likeness (QED) is 0.361. The molecule has 10 heteroatoms. The second kappa shape index (κ2) is 12.6. The van der Waals surface area contributed by atoms with Crippen molar-refractivity contribution in [1.29, 1.82) is 0 Å². The van der Waals surface area contributed by atoms with Crippen molar-refractivity contribution >= 4 is 5.91 Å². The molecule has 1 heterocycles. The first-order valence-electron chi connectivity index (χ1n) is 9.84. The lowest BCUT2D eigenvalue weighted by Crippen LogP contribution is -2.66. The Hall–Kier alpha value is -0.940. The van der Waals surface area contributed by atoms with Crippen LogP contribution in [0.25, 0.3) is 0 Å². The zero-order valence-electron chi connectivity index (χ0n) is 16.2. The molecule has 5 atom stereocenters. The highest BCUT2D eigenvalue weighted by Gasteiger charge is 2.49. The predicted molar refractivity (Wildman–Crippen MR) is 94.3 cm³/mol. The Labute approximate surface area is 163 Å². The molecule has 1 aliphatic heterocycles. The number of aliphatic hydroxyl groups is 3. The summed E-state index contributed by atoms with van der Waals surface area (Å²) in [5.74, 6) is -2.27. The Morgan fingerprint density at radius 3 is 2.18 bits per heavy atom. The number of hydrogen-bond donors (Lipinski definition) is 4. The van der Waals surface area contributed by atoms with E-state index in [4.69, 9.17) is 9.47 Å². The van der Waals surface area contributed by atoms with Crippen LogP contribution in [0.15, 0.2) is 0 Å². The zero-order chi connectivity index (χ0) is 21.2. The monoisotopic (exact) mass is 415 g/mol. The van der Waals surface area contributed by atoms with Gasteiger partial charge >= 0.3 is 12.1 Å². The number of aliphatic hydroxyl groups excluding tert-OH is 3. The van der Waals surface area contributed by atoms with Crippen molar-refractivity contribution in [3.05, 3.63) is 0 Å². The van der Waals surface area contributed by atoms with Crippen LogP contribution in [0, 0.1) is 0 Å². The molecule has 0 aromatic rings. The fourth-order valence-corrected chi connectivity index (χ4v) is 3.13. The Morgan fingerprint density at radius 1 is 1.07 bits per heavy atom. The number of nitrogens with one attached hydrogen (secondary N) is 1. The summed E-state index contributed by atoms with van der Waals surface area (Å²) in [7, 11) is 0. The molecule has 1 amide bonds. The van der Waals surface area contributed by atoms with E-state index in [0.717, 1.165) is 25.7 Å². The van der Waals surface area contributed by atoms with E-state index in [1.807, 2.05) is 0 Å². The van der Waals surface area contributed by atoms with E-state index in [1.165, 1.54) is 19.3 Å². The maximum atomic E-state index is 12.5. The van der Waals surface area contributed by atoms with E-state index in [-0.39, 0.29) is 6.61 Å². The van der Waals surface area contributed by atoms with Gasteiger partial charge in [0.25, 0.3) is 0 Å². The molecule has 0 radical (unpaired) electrons. The zero-order valence-corrected chi connectivity index (χ0v) is 16.2. The Kier molecular flexibility index (Phi) is 11.3. The lowest BCUT2D eigenvalue weighted by atomic mass is 9.96. The lowest BCUT2D eigenvalue weighted by Gasteiger charge is -2.42. The van der Waals surface area contributed by atoms with Crippen molar-refractivity contribution in [3.8, 4) is 0 Å². The van der Waals surface area contributed by atoms with E-state index >= 15 is 0 Å². The van der Waals surface area contributed by atoms with E-state index < -0.39 is 49.3 Å². The first kappa shape index (κ1) is 25.1. The molecule has 1 saturated heterocycles. The van der Waals surface area contributed by atoms with E-state index in [9.17, 15) is 33.3 Å². The summed E-state index contributed by atoms with van der Waals surface area (Å²) in [6.07, 6.45) is -2.75. The maximum Gasteiger partial charge on any atom is 0.471 e. The topological polar surface area (TPSA) is 108 Å². The van der Waals surface area contributed by atoms with Crippen LogP contribution < -0.4 is 5.32 Å². The van der Waals surface area contributed by atoms with Gasteiger partial charge in [-0.1, -0.05) is 51.9 Å². The van der Waals surface area contributed by atoms with Crippen molar-refractivity contribution in [2.24, 2.45) is 0 Å². The summed E-state index contributed by atoms with van der Waals surface area (Å²) in [5, 5.41) is 30.9. The normalized spacial score (nSPS) is 28.3. The molecule has 166 valence electrons. The molecular formula is C18H32F3NO6. The molecule has 0 spiro atoms. The van der Waals surface area contributed by atoms with Crippen molar-refractivity contribution in [3.63, 3.8) is 0 Å². The van der Waals surface area contributed by atoms with E-state index in [1.54, 1.807) is 5.32 Å². The van der Waals surface area contributed by atoms with Crippen LogP contribution in [0.2, 0.25) is 0 Å². The highest BCUT2D eigenvalue weighted by atomic mass is 19.4. The lowest BCUT2D eigenvalue weighted by molar-refractivity contribution is -0.264. The van der Waals surface area contributed by atoms with Crippen LogP contribution in [-0.2, 0) is 14.3 Å². The third-order valence-electron chi connectivity index (χ3n) is 4.74. The Balaban J connectivity index is 2.52. The highest BCUT2D eigenvalue weighted by Crippen LogP contribution is 2.24. The smallest absolute Gasteiger partial charge is 0.394 e. The minimum Gasteiger partial charge on any atom is -0.394 e. The van der Waals surface area contributed by atoms with E-state index in [0.29, 0.717) is 6.42 Å². The average Bonchev–Trinajstić information content (AvgIpc) is 2.63. The van der Waals surface area contributed by atoms with Gasteiger partial charge < -0.3 is 30.1 Å². The molecule has 4 N–H and O–H groups in total. The van der Waals surface area contributed by atoms with Crippen molar-refractivity contribution < 1.29 is 42.8 Å².